The van der Waals surface area contributed by atoms with Crippen LogP contribution in [0.5, 0.6) is 11.5 Å². The molecule has 0 unspecified atom stereocenters. The van der Waals surface area contributed by atoms with E-state index in [-0.39, 0.29) is 11.6 Å². The van der Waals surface area contributed by atoms with Gasteiger partial charge in [-0.1, -0.05) is 18.2 Å². The van der Waals surface area contributed by atoms with Gasteiger partial charge in [-0.05, 0) is 55.2 Å². The number of rotatable bonds is 5. The summed E-state index contributed by atoms with van der Waals surface area (Å²) in [5.41, 5.74) is 2.13. The van der Waals surface area contributed by atoms with Gasteiger partial charge >= 0.3 is 0 Å². The first-order valence-corrected chi connectivity index (χ1v) is 6.97. The Bertz CT molecular complexity index is 608. The molecule has 0 heterocycles. The number of ether oxygens (including phenoxy) is 1. The van der Waals surface area contributed by atoms with Crippen LogP contribution in [0.15, 0.2) is 42.5 Å². The number of nitrogens with one attached hydrogen (secondary N) is 1. The average molecular weight is 271 g/mol. The molecule has 0 atom stereocenters. The molecule has 3 heteroatoms. The highest BCUT2D eigenvalue weighted by Crippen LogP contribution is 2.26. The van der Waals surface area contributed by atoms with Gasteiger partial charge in [0.25, 0.3) is 0 Å². The zero-order valence-corrected chi connectivity index (χ0v) is 11.5. The van der Waals surface area contributed by atoms with Crippen molar-refractivity contribution in [3.63, 3.8) is 0 Å². The molecule has 2 aromatic carbocycles. The Hall–Kier alpha value is -1.87. The highest BCUT2D eigenvalue weighted by atomic mass is 19.1. The minimum Gasteiger partial charge on any atom is -0.454 e. The first kappa shape index (κ1) is 13.1. The van der Waals surface area contributed by atoms with Crippen LogP contribution in [0.1, 0.15) is 24.0 Å². The van der Waals surface area contributed by atoms with Gasteiger partial charge in [0.15, 0.2) is 11.6 Å². The van der Waals surface area contributed by atoms with Crippen molar-refractivity contribution in [1.82, 2.24) is 5.32 Å². The number of hydrogen-bond donors (Lipinski definition) is 1. The van der Waals surface area contributed by atoms with Crippen molar-refractivity contribution < 1.29 is 9.13 Å². The minimum atomic E-state index is -0.336. The maximum Gasteiger partial charge on any atom is 0.165 e. The molecule has 0 aliphatic heterocycles. The number of benzene rings is 2. The van der Waals surface area contributed by atoms with Crippen molar-refractivity contribution in [2.75, 3.05) is 0 Å². The van der Waals surface area contributed by atoms with E-state index in [0.717, 1.165) is 17.7 Å². The Kier molecular flexibility index (Phi) is 3.70. The average Bonchev–Trinajstić information content (AvgIpc) is 3.25. The smallest absolute Gasteiger partial charge is 0.165 e. The van der Waals surface area contributed by atoms with Gasteiger partial charge in [0.05, 0.1) is 0 Å². The molecule has 0 amide bonds. The first-order valence-electron chi connectivity index (χ1n) is 6.97. The van der Waals surface area contributed by atoms with E-state index in [2.05, 4.69) is 11.4 Å². The summed E-state index contributed by atoms with van der Waals surface area (Å²) in [4.78, 5) is 0. The van der Waals surface area contributed by atoms with Crippen LogP contribution in [0.25, 0.3) is 0 Å². The van der Waals surface area contributed by atoms with Crippen LogP contribution >= 0.6 is 0 Å². The Morgan fingerprint density at radius 2 is 2.05 bits per heavy atom. The van der Waals surface area contributed by atoms with Gasteiger partial charge in [-0.2, -0.15) is 0 Å². The zero-order chi connectivity index (χ0) is 13.9. The molecule has 0 spiro atoms. The van der Waals surface area contributed by atoms with Crippen LogP contribution in [0.4, 0.5) is 4.39 Å². The van der Waals surface area contributed by atoms with E-state index >= 15 is 0 Å². The molecule has 2 aromatic rings. The highest BCUT2D eigenvalue weighted by Gasteiger charge is 2.19. The lowest BCUT2D eigenvalue weighted by Gasteiger charge is -2.09. The Morgan fingerprint density at radius 1 is 1.20 bits per heavy atom. The molecule has 0 radical (unpaired) electrons. The molecule has 3 rings (SSSR count). The van der Waals surface area contributed by atoms with Gasteiger partial charge in [-0.15, -0.1) is 0 Å². The third-order valence-electron chi connectivity index (χ3n) is 3.39. The molecule has 2 nitrogen and oxygen atoms in total. The van der Waals surface area contributed by atoms with E-state index in [4.69, 9.17) is 4.74 Å². The number of halogens is 1. The van der Waals surface area contributed by atoms with Gasteiger partial charge in [0, 0.05) is 12.6 Å². The Balaban J connectivity index is 1.72. The van der Waals surface area contributed by atoms with Crippen LogP contribution < -0.4 is 10.1 Å². The summed E-state index contributed by atoms with van der Waals surface area (Å²) in [6.45, 7) is 2.75. The van der Waals surface area contributed by atoms with Crippen LogP contribution in [-0.2, 0) is 6.54 Å². The molecule has 1 fully saturated rings. The molecule has 1 aliphatic rings. The summed E-state index contributed by atoms with van der Waals surface area (Å²) in [6.07, 6.45) is 2.54. The third-order valence-corrected chi connectivity index (χ3v) is 3.39. The molecule has 104 valence electrons. The highest BCUT2D eigenvalue weighted by molar-refractivity contribution is 5.36. The van der Waals surface area contributed by atoms with Gasteiger partial charge in [-0.25, -0.2) is 4.39 Å². The molecule has 0 aromatic heterocycles. The minimum absolute atomic E-state index is 0.275. The van der Waals surface area contributed by atoms with Crippen molar-refractivity contribution >= 4 is 0 Å². The van der Waals surface area contributed by atoms with E-state index < -0.39 is 0 Å². The summed E-state index contributed by atoms with van der Waals surface area (Å²) < 4.78 is 19.3. The van der Waals surface area contributed by atoms with E-state index in [9.17, 15) is 4.39 Å². The van der Waals surface area contributed by atoms with Crippen LogP contribution in [0, 0.1) is 12.7 Å². The largest absolute Gasteiger partial charge is 0.454 e. The van der Waals surface area contributed by atoms with E-state index in [1.54, 1.807) is 12.1 Å². The summed E-state index contributed by atoms with van der Waals surface area (Å²) in [5.74, 6) is 0.610. The van der Waals surface area contributed by atoms with Gasteiger partial charge in [0.2, 0.25) is 0 Å². The normalized spacial score (nSPS) is 14.3. The van der Waals surface area contributed by atoms with Crippen molar-refractivity contribution in [3.8, 4) is 11.5 Å². The van der Waals surface area contributed by atoms with E-state index in [1.807, 2.05) is 25.1 Å². The second-order valence-corrected chi connectivity index (χ2v) is 5.34. The maximum absolute atomic E-state index is 13.7. The molecule has 0 saturated heterocycles. The zero-order valence-electron chi connectivity index (χ0n) is 11.5. The molecule has 1 N–H and O–H groups in total. The van der Waals surface area contributed by atoms with Crippen molar-refractivity contribution in [2.45, 2.75) is 32.4 Å². The van der Waals surface area contributed by atoms with Crippen LogP contribution in [0.2, 0.25) is 0 Å². The monoisotopic (exact) mass is 271 g/mol. The SMILES string of the molecule is Cc1ccc(F)c(Oc2cccc(CNC3CC3)c2)c1. The summed E-state index contributed by atoms with van der Waals surface area (Å²) in [5, 5.41) is 3.45. The molecule has 1 saturated carbocycles. The lowest BCUT2D eigenvalue weighted by atomic mass is 10.2. The predicted molar refractivity (Wildman–Crippen MR) is 77.5 cm³/mol. The van der Waals surface area contributed by atoms with E-state index in [0.29, 0.717) is 11.8 Å². The number of hydrogen-bond acceptors (Lipinski definition) is 2. The summed E-state index contributed by atoms with van der Waals surface area (Å²) in [7, 11) is 0. The standard InChI is InChI=1S/C17H18FNO/c1-12-5-8-16(18)17(9-12)20-15-4-2-3-13(10-15)11-19-14-6-7-14/h2-5,8-10,14,19H,6-7,11H2,1H3. The molecular weight excluding hydrogens is 253 g/mol. The fourth-order valence-corrected chi connectivity index (χ4v) is 2.08. The Morgan fingerprint density at radius 3 is 2.85 bits per heavy atom. The summed E-state index contributed by atoms with van der Waals surface area (Å²) >= 11 is 0. The fraction of sp³-hybridized carbons (Fsp3) is 0.294. The van der Waals surface area contributed by atoms with Gasteiger partial charge < -0.3 is 10.1 Å². The Labute approximate surface area is 118 Å². The summed E-state index contributed by atoms with van der Waals surface area (Å²) in [6, 6.07) is 13.3. The maximum atomic E-state index is 13.7. The second-order valence-electron chi connectivity index (χ2n) is 5.34. The van der Waals surface area contributed by atoms with Crippen LogP contribution in [-0.4, -0.2) is 6.04 Å². The predicted octanol–water partition coefficient (Wildman–Crippen LogP) is 4.18. The molecule has 1 aliphatic carbocycles. The van der Waals surface area contributed by atoms with Crippen molar-refractivity contribution in [2.24, 2.45) is 0 Å². The fourth-order valence-electron chi connectivity index (χ4n) is 2.08. The second kappa shape index (κ2) is 5.63. The molecular formula is C17H18FNO. The molecule has 0 bridgehead atoms. The lowest BCUT2D eigenvalue weighted by molar-refractivity contribution is 0.441. The lowest BCUT2D eigenvalue weighted by Crippen LogP contribution is -2.15. The quantitative estimate of drug-likeness (QED) is 0.881. The third kappa shape index (κ3) is 3.36. The van der Waals surface area contributed by atoms with Gasteiger partial charge in [0.1, 0.15) is 5.75 Å². The van der Waals surface area contributed by atoms with Crippen molar-refractivity contribution in [3.05, 3.63) is 59.4 Å². The van der Waals surface area contributed by atoms with Crippen molar-refractivity contribution in [1.29, 1.82) is 0 Å². The topological polar surface area (TPSA) is 21.3 Å². The molecule has 20 heavy (non-hydrogen) atoms. The first-order chi connectivity index (χ1) is 9.70. The van der Waals surface area contributed by atoms with Crippen LogP contribution in [0.3, 0.4) is 0 Å². The number of aryl methyl sites for hydroxylation is 1. The van der Waals surface area contributed by atoms with Gasteiger partial charge in [-0.3, -0.25) is 0 Å². The van der Waals surface area contributed by atoms with E-state index in [1.165, 1.54) is 18.9 Å².